The summed E-state index contributed by atoms with van der Waals surface area (Å²) in [6, 6.07) is 6.81. The Morgan fingerprint density at radius 3 is 2.44 bits per heavy atom. The van der Waals surface area contributed by atoms with Crippen LogP contribution in [0.1, 0.15) is 5.56 Å². The summed E-state index contributed by atoms with van der Waals surface area (Å²) >= 11 is 3.17. The summed E-state index contributed by atoms with van der Waals surface area (Å²) in [7, 11) is 0. The Hall–Kier alpha value is -1.56. The molecule has 0 aliphatic heterocycles. The lowest BCUT2D eigenvalue weighted by Gasteiger charge is -2.13. The fourth-order valence-corrected chi connectivity index (χ4v) is 2.17. The Balaban J connectivity index is 2.64. The quantitative estimate of drug-likeness (QED) is 0.859. The van der Waals surface area contributed by atoms with Crippen molar-refractivity contribution in [3.05, 3.63) is 46.6 Å². The van der Waals surface area contributed by atoms with Gasteiger partial charge in [0.05, 0.1) is 23.1 Å². The van der Waals surface area contributed by atoms with Gasteiger partial charge in [0.1, 0.15) is 0 Å². The van der Waals surface area contributed by atoms with Crippen LogP contribution < -0.4 is 5.73 Å². The van der Waals surface area contributed by atoms with E-state index in [0.717, 1.165) is 6.07 Å². The highest BCUT2D eigenvalue weighted by molar-refractivity contribution is 9.10. The number of halogens is 4. The van der Waals surface area contributed by atoms with E-state index >= 15 is 0 Å². The third-order valence-electron chi connectivity index (χ3n) is 2.35. The summed E-state index contributed by atoms with van der Waals surface area (Å²) in [5.41, 5.74) is 5.42. The van der Waals surface area contributed by atoms with Crippen LogP contribution in [-0.4, -0.2) is 4.98 Å². The second kappa shape index (κ2) is 4.61. The molecular weight excluding hydrogens is 309 g/mol. The monoisotopic (exact) mass is 316 g/mol. The average molecular weight is 317 g/mol. The van der Waals surface area contributed by atoms with E-state index in [0.29, 0.717) is 10.2 Å². The first-order valence-corrected chi connectivity index (χ1v) is 5.76. The molecule has 94 valence electrons. The number of pyridine rings is 1. The van der Waals surface area contributed by atoms with Crippen LogP contribution in [0.5, 0.6) is 0 Å². The largest absolute Gasteiger partial charge is 0.417 e. The maximum absolute atomic E-state index is 12.9. The second-order valence-corrected chi connectivity index (χ2v) is 4.50. The molecule has 18 heavy (non-hydrogen) atoms. The van der Waals surface area contributed by atoms with Crippen molar-refractivity contribution in [3.8, 4) is 11.3 Å². The summed E-state index contributed by atoms with van der Waals surface area (Å²) in [4.78, 5) is 3.95. The topological polar surface area (TPSA) is 38.9 Å². The van der Waals surface area contributed by atoms with Gasteiger partial charge in [-0.3, -0.25) is 4.98 Å². The molecule has 0 saturated carbocycles. The Labute approximate surface area is 110 Å². The standard InChI is InChI=1S/C12H8BrF3N2/c13-10-5-7(17)6-18-11(10)8-3-1-2-4-9(8)12(14,15)16/h1-6H,17H2. The average Bonchev–Trinajstić information content (AvgIpc) is 2.28. The molecule has 0 spiro atoms. The molecule has 0 aliphatic rings. The van der Waals surface area contributed by atoms with Gasteiger partial charge in [0.25, 0.3) is 0 Å². The molecular formula is C12H8BrF3N2. The summed E-state index contributed by atoms with van der Waals surface area (Å²) in [5, 5.41) is 0. The molecule has 0 radical (unpaired) electrons. The number of rotatable bonds is 1. The molecule has 0 fully saturated rings. The number of benzene rings is 1. The zero-order valence-corrected chi connectivity index (χ0v) is 10.6. The second-order valence-electron chi connectivity index (χ2n) is 3.64. The fraction of sp³-hybridized carbons (Fsp3) is 0.0833. The molecule has 0 aliphatic carbocycles. The van der Waals surface area contributed by atoms with Gasteiger partial charge in [-0.2, -0.15) is 13.2 Å². The van der Waals surface area contributed by atoms with Gasteiger partial charge in [-0.05, 0) is 28.1 Å². The van der Waals surface area contributed by atoms with Gasteiger partial charge < -0.3 is 5.73 Å². The first-order chi connectivity index (χ1) is 8.39. The number of hydrogen-bond acceptors (Lipinski definition) is 2. The SMILES string of the molecule is Nc1cnc(-c2ccccc2C(F)(F)F)c(Br)c1. The maximum Gasteiger partial charge on any atom is 0.417 e. The molecule has 0 saturated heterocycles. The number of anilines is 1. The molecule has 1 aromatic heterocycles. The van der Waals surface area contributed by atoms with Crippen molar-refractivity contribution < 1.29 is 13.2 Å². The first kappa shape index (κ1) is 12.9. The van der Waals surface area contributed by atoms with Gasteiger partial charge in [-0.1, -0.05) is 18.2 Å². The predicted octanol–water partition coefficient (Wildman–Crippen LogP) is 4.11. The highest BCUT2D eigenvalue weighted by Gasteiger charge is 2.33. The molecule has 0 unspecified atom stereocenters. The van der Waals surface area contributed by atoms with Gasteiger partial charge in [0.15, 0.2) is 0 Å². The molecule has 1 heterocycles. The Kier molecular flexibility index (Phi) is 3.30. The maximum atomic E-state index is 12.9. The highest BCUT2D eigenvalue weighted by atomic mass is 79.9. The van der Waals surface area contributed by atoms with Crippen LogP contribution in [-0.2, 0) is 6.18 Å². The van der Waals surface area contributed by atoms with Crippen LogP contribution in [0.15, 0.2) is 41.0 Å². The van der Waals surface area contributed by atoms with Crippen molar-refractivity contribution in [3.63, 3.8) is 0 Å². The number of aromatic nitrogens is 1. The van der Waals surface area contributed by atoms with Crippen molar-refractivity contribution in [1.29, 1.82) is 0 Å². The molecule has 2 rings (SSSR count). The van der Waals surface area contributed by atoms with E-state index < -0.39 is 11.7 Å². The van der Waals surface area contributed by atoms with E-state index in [2.05, 4.69) is 20.9 Å². The normalized spacial score (nSPS) is 11.6. The Morgan fingerprint density at radius 1 is 1.17 bits per heavy atom. The van der Waals surface area contributed by atoms with Gasteiger partial charge in [0, 0.05) is 10.0 Å². The summed E-state index contributed by atoms with van der Waals surface area (Å²) < 4.78 is 39.1. The minimum Gasteiger partial charge on any atom is -0.397 e. The molecule has 0 bridgehead atoms. The van der Waals surface area contributed by atoms with E-state index in [9.17, 15) is 13.2 Å². The summed E-state index contributed by atoms with van der Waals surface area (Å²) in [5.74, 6) is 0. The van der Waals surface area contributed by atoms with Crippen molar-refractivity contribution >= 4 is 21.6 Å². The zero-order valence-electron chi connectivity index (χ0n) is 9.00. The lowest BCUT2D eigenvalue weighted by atomic mass is 10.0. The van der Waals surface area contributed by atoms with Crippen LogP contribution in [0, 0.1) is 0 Å². The molecule has 2 nitrogen and oxygen atoms in total. The van der Waals surface area contributed by atoms with Gasteiger partial charge in [0.2, 0.25) is 0 Å². The Bertz CT molecular complexity index is 582. The lowest BCUT2D eigenvalue weighted by molar-refractivity contribution is -0.137. The van der Waals surface area contributed by atoms with E-state index in [-0.39, 0.29) is 11.3 Å². The van der Waals surface area contributed by atoms with E-state index in [1.165, 1.54) is 30.5 Å². The van der Waals surface area contributed by atoms with Gasteiger partial charge in [-0.25, -0.2) is 0 Å². The van der Waals surface area contributed by atoms with Crippen molar-refractivity contribution in [2.75, 3.05) is 5.73 Å². The lowest BCUT2D eigenvalue weighted by Crippen LogP contribution is -2.07. The van der Waals surface area contributed by atoms with Gasteiger partial charge >= 0.3 is 6.18 Å². The van der Waals surface area contributed by atoms with Gasteiger partial charge in [-0.15, -0.1) is 0 Å². The highest BCUT2D eigenvalue weighted by Crippen LogP contribution is 2.38. The van der Waals surface area contributed by atoms with Crippen LogP contribution >= 0.6 is 15.9 Å². The third kappa shape index (κ3) is 2.48. The number of nitrogens with two attached hydrogens (primary N) is 1. The minimum atomic E-state index is -4.42. The number of nitrogens with zero attached hydrogens (tertiary/aromatic N) is 1. The number of nitrogen functional groups attached to an aromatic ring is 1. The third-order valence-corrected chi connectivity index (χ3v) is 2.95. The van der Waals surface area contributed by atoms with E-state index in [1.807, 2.05) is 0 Å². The van der Waals surface area contributed by atoms with E-state index in [1.54, 1.807) is 0 Å². The van der Waals surface area contributed by atoms with Crippen molar-refractivity contribution in [2.45, 2.75) is 6.18 Å². The number of alkyl halides is 3. The van der Waals surface area contributed by atoms with Crippen LogP contribution in [0.25, 0.3) is 11.3 Å². The molecule has 6 heteroatoms. The fourth-order valence-electron chi connectivity index (χ4n) is 1.59. The molecule has 0 amide bonds. The summed E-state index contributed by atoms with van der Waals surface area (Å²) in [6.45, 7) is 0. The predicted molar refractivity (Wildman–Crippen MR) is 66.8 cm³/mol. The Morgan fingerprint density at radius 2 is 1.83 bits per heavy atom. The number of hydrogen-bond donors (Lipinski definition) is 1. The first-order valence-electron chi connectivity index (χ1n) is 4.97. The smallest absolute Gasteiger partial charge is 0.397 e. The molecule has 2 aromatic rings. The van der Waals surface area contributed by atoms with Crippen LogP contribution in [0.4, 0.5) is 18.9 Å². The summed E-state index contributed by atoms with van der Waals surface area (Å²) in [6.07, 6.45) is -3.09. The minimum absolute atomic E-state index is 0.0249. The zero-order chi connectivity index (χ0) is 13.3. The van der Waals surface area contributed by atoms with Crippen molar-refractivity contribution in [1.82, 2.24) is 4.98 Å². The van der Waals surface area contributed by atoms with Crippen LogP contribution in [0.2, 0.25) is 0 Å². The van der Waals surface area contributed by atoms with Crippen molar-refractivity contribution in [2.24, 2.45) is 0 Å². The van der Waals surface area contributed by atoms with E-state index in [4.69, 9.17) is 5.73 Å². The molecule has 1 aromatic carbocycles. The van der Waals surface area contributed by atoms with Crippen LogP contribution in [0.3, 0.4) is 0 Å². The molecule has 2 N–H and O–H groups in total. The molecule has 0 atom stereocenters.